The highest BCUT2D eigenvalue weighted by Crippen LogP contribution is 2.25. The van der Waals surface area contributed by atoms with Crippen LogP contribution in [0.3, 0.4) is 0 Å². The summed E-state index contributed by atoms with van der Waals surface area (Å²) in [4.78, 5) is 23.6. The fraction of sp³-hybridized carbons (Fsp3) is 0.500. The Hall–Kier alpha value is -1.58. The molecule has 6 nitrogen and oxygen atoms in total. The van der Waals surface area contributed by atoms with Gasteiger partial charge in [-0.3, -0.25) is 0 Å². The molecule has 0 aliphatic heterocycles. The largest absolute Gasteiger partial charge is 0.504 e. The molecular weight excluding hydrogens is 432 g/mol. The minimum absolute atomic E-state index is 0.201. The van der Waals surface area contributed by atoms with Crippen molar-refractivity contribution in [2.45, 2.75) is 45.3 Å². The van der Waals surface area contributed by atoms with Crippen LogP contribution in [-0.4, -0.2) is 35.9 Å². The molecule has 0 bridgehead atoms. The van der Waals surface area contributed by atoms with E-state index in [1.807, 2.05) is 22.6 Å². The molecule has 0 heterocycles. The summed E-state index contributed by atoms with van der Waals surface area (Å²) in [5.74, 6) is -1.75. The summed E-state index contributed by atoms with van der Waals surface area (Å²) in [6.45, 7) is 5.13. The summed E-state index contributed by atoms with van der Waals surface area (Å²) in [5, 5.41) is 11.9. The van der Waals surface area contributed by atoms with Gasteiger partial charge in [-0.1, -0.05) is 0 Å². The molecule has 0 fully saturated rings. The number of alkyl carbamates (subject to hydrolysis) is 1. The Morgan fingerprint density at radius 1 is 1.38 bits per heavy atom. The Morgan fingerprint density at radius 2 is 2.00 bits per heavy atom. The third kappa shape index (κ3) is 6.50. The molecule has 2 N–H and O–H groups in total. The monoisotopic (exact) mass is 453 g/mol. The molecular formula is C16H21FINO5. The minimum atomic E-state index is -0.917. The summed E-state index contributed by atoms with van der Waals surface area (Å²) in [5.41, 5.74) is -0.101. The number of aromatic hydroxyl groups is 1. The SMILES string of the molecule is COC(=O)[C@H](CCc1cc(F)c(O)c(I)c1)NC(=O)OC(C)(C)C. The number of phenolic OH excluding ortho intramolecular Hbond substituents is 1. The van der Waals surface area contributed by atoms with Crippen LogP contribution in [0.15, 0.2) is 12.1 Å². The smallest absolute Gasteiger partial charge is 0.408 e. The number of esters is 1. The van der Waals surface area contributed by atoms with Gasteiger partial charge >= 0.3 is 12.1 Å². The summed E-state index contributed by atoms with van der Waals surface area (Å²) >= 11 is 1.82. The van der Waals surface area contributed by atoms with Crippen molar-refractivity contribution >= 4 is 34.7 Å². The van der Waals surface area contributed by atoms with E-state index in [-0.39, 0.29) is 6.42 Å². The molecule has 0 saturated heterocycles. The zero-order valence-electron chi connectivity index (χ0n) is 14.0. The lowest BCUT2D eigenvalue weighted by Crippen LogP contribution is -2.44. The van der Waals surface area contributed by atoms with Gasteiger partial charge in [0.1, 0.15) is 11.6 Å². The normalized spacial score (nSPS) is 12.4. The Labute approximate surface area is 153 Å². The van der Waals surface area contributed by atoms with Crippen molar-refractivity contribution in [3.8, 4) is 5.75 Å². The predicted octanol–water partition coefficient (Wildman–Crippen LogP) is 3.13. The Kier molecular flexibility index (Phi) is 7.25. The summed E-state index contributed by atoms with van der Waals surface area (Å²) in [7, 11) is 1.22. The lowest BCUT2D eigenvalue weighted by atomic mass is 10.0. The maximum absolute atomic E-state index is 13.5. The van der Waals surface area contributed by atoms with E-state index in [1.54, 1.807) is 26.8 Å². The molecule has 1 aromatic rings. The van der Waals surface area contributed by atoms with Crippen LogP contribution in [0.2, 0.25) is 0 Å². The standard InChI is InChI=1S/C16H21FINO5/c1-16(2,3)24-15(22)19-12(14(21)23-4)6-5-9-7-10(17)13(20)11(18)8-9/h7-8,12,20H,5-6H2,1-4H3,(H,19,22)/t12-/m0/s1. The summed E-state index contributed by atoms with van der Waals surface area (Å²) in [6.07, 6.45) is -0.223. The van der Waals surface area contributed by atoms with Gasteiger partial charge in [0.25, 0.3) is 0 Å². The topological polar surface area (TPSA) is 84.9 Å². The van der Waals surface area contributed by atoms with Crippen molar-refractivity contribution in [2.75, 3.05) is 7.11 Å². The number of carbonyl (C=O) groups is 2. The highest BCUT2D eigenvalue weighted by Gasteiger charge is 2.25. The molecule has 1 amide bonds. The van der Waals surface area contributed by atoms with Crippen molar-refractivity contribution in [1.82, 2.24) is 5.32 Å². The van der Waals surface area contributed by atoms with E-state index in [0.717, 1.165) is 0 Å². The van der Waals surface area contributed by atoms with E-state index in [1.165, 1.54) is 13.2 Å². The Balaban J connectivity index is 2.77. The van der Waals surface area contributed by atoms with Crippen LogP contribution in [0, 0.1) is 9.39 Å². The van der Waals surface area contributed by atoms with Crippen LogP contribution in [0.1, 0.15) is 32.8 Å². The lowest BCUT2D eigenvalue weighted by Gasteiger charge is -2.22. The molecule has 134 valence electrons. The summed E-state index contributed by atoms with van der Waals surface area (Å²) < 4.78 is 23.7. The Morgan fingerprint density at radius 3 is 2.50 bits per heavy atom. The molecule has 0 saturated carbocycles. The van der Waals surface area contributed by atoms with E-state index in [4.69, 9.17) is 4.74 Å². The first-order valence-electron chi connectivity index (χ1n) is 7.27. The predicted molar refractivity (Wildman–Crippen MR) is 94.3 cm³/mol. The van der Waals surface area contributed by atoms with Crippen LogP contribution in [0.5, 0.6) is 5.75 Å². The maximum Gasteiger partial charge on any atom is 0.408 e. The number of carbonyl (C=O) groups excluding carboxylic acids is 2. The number of benzene rings is 1. The molecule has 0 aliphatic carbocycles. The number of hydrogen-bond acceptors (Lipinski definition) is 5. The molecule has 24 heavy (non-hydrogen) atoms. The van der Waals surface area contributed by atoms with E-state index >= 15 is 0 Å². The van der Waals surface area contributed by atoms with E-state index in [2.05, 4.69) is 10.1 Å². The van der Waals surface area contributed by atoms with Gasteiger partial charge in [-0.15, -0.1) is 0 Å². The fourth-order valence-corrected chi connectivity index (χ4v) is 2.57. The van der Waals surface area contributed by atoms with Gasteiger partial charge < -0.3 is 19.9 Å². The van der Waals surface area contributed by atoms with Gasteiger partial charge in [0.2, 0.25) is 0 Å². The van der Waals surface area contributed by atoms with Crippen LogP contribution in [0.25, 0.3) is 0 Å². The number of hydrogen-bond donors (Lipinski definition) is 2. The average molecular weight is 453 g/mol. The number of rotatable bonds is 5. The molecule has 0 unspecified atom stereocenters. The second kappa shape index (κ2) is 8.50. The quantitative estimate of drug-likeness (QED) is 0.529. The molecule has 0 aromatic heterocycles. The van der Waals surface area contributed by atoms with Gasteiger partial charge in [0.05, 0.1) is 10.7 Å². The van der Waals surface area contributed by atoms with Gasteiger partial charge in [-0.25, -0.2) is 14.0 Å². The molecule has 0 spiro atoms. The number of nitrogens with one attached hydrogen (secondary N) is 1. The molecule has 1 rings (SSSR count). The second-order valence-corrected chi connectivity index (χ2v) is 7.33. The fourth-order valence-electron chi connectivity index (χ4n) is 1.91. The third-order valence-corrected chi connectivity index (χ3v) is 3.80. The van der Waals surface area contributed by atoms with Gasteiger partial charge in [0, 0.05) is 0 Å². The first-order chi connectivity index (χ1) is 11.0. The maximum atomic E-state index is 13.5. The molecule has 1 aromatic carbocycles. The molecule has 0 radical (unpaired) electrons. The second-order valence-electron chi connectivity index (χ2n) is 6.17. The van der Waals surface area contributed by atoms with Crippen molar-refractivity contribution in [3.05, 3.63) is 27.1 Å². The van der Waals surface area contributed by atoms with E-state index in [9.17, 15) is 19.1 Å². The molecule has 8 heteroatoms. The number of methoxy groups -OCH3 is 1. The van der Waals surface area contributed by atoms with Gasteiger partial charge in [-0.05, 0) is 73.9 Å². The Bertz CT molecular complexity index is 592. The zero-order valence-corrected chi connectivity index (χ0v) is 16.1. The summed E-state index contributed by atoms with van der Waals surface area (Å²) in [6, 6.07) is 1.89. The zero-order chi connectivity index (χ0) is 18.5. The van der Waals surface area contributed by atoms with Crippen LogP contribution < -0.4 is 5.32 Å². The third-order valence-electron chi connectivity index (χ3n) is 2.98. The first-order valence-corrected chi connectivity index (χ1v) is 8.35. The van der Waals surface area contributed by atoms with Crippen molar-refractivity contribution in [2.24, 2.45) is 0 Å². The molecule has 1 atom stereocenters. The van der Waals surface area contributed by atoms with Crippen molar-refractivity contribution in [3.63, 3.8) is 0 Å². The van der Waals surface area contributed by atoms with Gasteiger partial charge in [-0.2, -0.15) is 0 Å². The minimum Gasteiger partial charge on any atom is -0.504 e. The number of aryl methyl sites for hydroxylation is 1. The number of halogens is 2. The molecule has 0 aliphatic rings. The van der Waals surface area contributed by atoms with Gasteiger partial charge in [0.15, 0.2) is 11.6 Å². The van der Waals surface area contributed by atoms with Crippen molar-refractivity contribution in [1.29, 1.82) is 0 Å². The number of phenols is 1. The number of ether oxygens (including phenoxy) is 2. The van der Waals surface area contributed by atoms with Crippen LogP contribution in [0.4, 0.5) is 9.18 Å². The number of amides is 1. The highest BCUT2D eigenvalue weighted by atomic mass is 127. The average Bonchev–Trinajstić information content (AvgIpc) is 2.46. The first kappa shape index (κ1) is 20.5. The lowest BCUT2D eigenvalue weighted by molar-refractivity contribution is -0.143. The van der Waals surface area contributed by atoms with E-state index in [0.29, 0.717) is 15.6 Å². The van der Waals surface area contributed by atoms with Crippen molar-refractivity contribution < 1.29 is 28.6 Å². The van der Waals surface area contributed by atoms with Crippen LogP contribution in [-0.2, 0) is 20.7 Å². The van der Waals surface area contributed by atoms with E-state index < -0.39 is 35.3 Å². The highest BCUT2D eigenvalue weighted by molar-refractivity contribution is 14.1. The van der Waals surface area contributed by atoms with Crippen LogP contribution >= 0.6 is 22.6 Å².